The van der Waals surface area contributed by atoms with E-state index >= 15 is 0 Å². The van der Waals surface area contributed by atoms with Gasteiger partial charge in [0.05, 0.1) is 33.2 Å². The molecule has 0 aromatic heterocycles. The van der Waals surface area contributed by atoms with Crippen LogP contribution in [0.4, 0.5) is 17.1 Å². The summed E-state index contributed by atoms with van der Waals surface area (Å²) in [6, 6.07) is 3.29. The molecule has 0 saturated carbocycles. The van der Waals surface area contributed by atoms with Crippen LogP contribution in [0.3, 0.4) is 0 Å². The average molecular weight is 294 g/mol. The van der Waals surface area contributed by atoms with E-state index < -0.39 is 40.2 Å². The summed E-state index contributed by atoms with van der Waals surface area (Å²) in [6.45, 7) is -0.445. The Labute approximate surface area is 117 Å². The minimum absolute atomic E-state index is 0.0422. The van der Waals surface area contributed by atoms with Gasteiger partial charge in [-0.25, -0.2) is 0 Å². The normalized spacial score (nSPS) is 9.71. The highest BCUT2D eigenvalue weighted by Gasteiger charge is 2.24. The second-order valence-electron chi connectivity index (χ2n) is 3.86. The van der Waals surface area contributed by atoms with Crippen molar-refractivity contribution in [3.05, 3.63) is 37.9 Å². The minimum Gasteiger partial charge on any atom is -0.396 e. The number of aliphatic hydroxyl groups excluding tert-OH is 1. The quantitative estimate of drug-likeness (QED) is 0.581. The van der Waals surface area contributed by atoms with Gasteiger partial charge in [0.1, 0.15) is 6.42 Å². The molecule has 1 aromatic carbocycles. The molecule has 0 unspecified atom stereocenters. The molecule has 110 valence electrons. The second kappa shape index (κ2) is 6.92. The van der Waals surface area contributed by atoms with Crippen molar-refractivity contribution in [2.24, 2.45) is 0 Å². The molecule has 1 amide bonds. The Morgan fingerprint density at radius 2 is 2.00 bits per heavy atom. The van der Waals surface area contributed by atoms with Crippen LogP contribution in [0.15, 0.2) is 12.1 Å². The van der Waals surface area contributed by atoms with Gasteiger partial charge < -0.3 is 10.4 Å². The summed E-state index contributed by atoms with van der Waals surface area (Å²) in [6.07, 6.45) is -0.675. The van der Waals surface area contributed by atoms with Crippen LogP contribution in [0.25, 0.3) is 0 Å². The molecule has 10 heteroatoms. The number of carbonyl (C=O) groups is 1. The predicted molar refractivity (Wildman–Crippen MR) is 69.4 cm³/mol. The third kappa shape index (κ3) is 3.95. The number of benzene rings is 1. The van der Waals surface area contributed by atoms with E-state index in [0.29, 0.717) is 0 Å². The Kier molecular flexibility index (Phi) is 5.27. The maximum Gasteiger partial charge on any atom is 0.281 e. The molecule has 0 atom stereocenters. The number of nitrogens with one attached hydrogen (secondary N) is 1. The summed E-state index contributed by atoms with van der Waals surface area (Å²) in [5.74, 6) is -0.758. The maximum absolute atomic E-state index is 11.4. The van der Waals surface area contributed by atoms with Gasteiger partial charge >= 0.3 is 0 Å². The standard InChI is InChI=1S/C11H10N4O6/c12-3-1-11(17)13-9-5-7(14(18)19)6-10(15(20)21)8(9)2-4-16/h5-6,16H,1-2,4H2,(H,13,17). The fourth-order valence-corrected chi connectivity index (χ4v) is 1.66. The molecule has 21 heavy (non-hydrogen) atoms. The summed E-state index contributed by atoms with van der Waals surface area (Å²) in [5.41, 5.74) is -1.36. The molecule has 0 fully saturated rings. The van der Waals surface area contributed by atoms with Crippen LogP contribution in [0.2, 0.25) is 0 Å². The number of hydrogen-bond acceptors (Lipinski definition) is 7. The lowest BCUT2D eigenvalue weighted by Crippen LogP contribution is -2.14. The van der Waals surface area contributed by atoms with Gasteiger partial charge in [-0.15, -0.1) is 0 Å². The highest BCUT2D eigenvalue weighted by molar-refractivity contribution is 5.94. The predicted octanol–water partition coefficient (Wildman–Crippen LogP) is 0.890. The van der Waals surface area contributed by atoms with Gasteiger partial charge in [-0.3, -0.25) is 25.0 Å². The minimum atomic E-state index is -0.838. The van der Waals surface area contributed by atoms with E-state index in [4.69, 9.17) is 10.4 Å². The fraction of sp³-hybridized carbons (Fsp3) is 0.273. The summed E-state index contributed by atoms with van der Waals surface area (Å²) in [7, 11) is 0. The molecule has 0 radical (unpaired) electrons. The van der Waals surface area contributed by atoms with Crippen molar-refractivity contribution in [2.45, 2.75) is 12.8 Å². The molecular weight excluding hydrogens is 284 g/mol. The van der Waals surface area contributed by atoms with Crippen molar-refractivity contribution in [1.82, 2.24) is 0 Å². The van der Waals surface area contributed by atoms with Gasteiger partial charge in [0.25, 0.3) is 11.4 Å². The third-order valence-electron chi connectivity index (χ3n) is 2.49. The van der Waals surface area contributed by atoms with E-state index in [1.807, 2.05) is 0 Å². The number of nitriles is 1. The van der Waals surface area contributed by atoms with E-state index in [0.717, 1.165) is 12.1 Å². The Morgan fingerprint density at radius 3 is 2.48 bits per heavy atom. The zero-order valence-electron chi connectivity index (χ0n) is 10.6. The largest absolute Gasteiger partial charge is 0.396 e. The lowest BCUT2D eigenvalue weighted by molar-refractivity contribution is -0.394. The molecule has 10 nitrogen and oxygen atoms in total. The van der Waals surface area contributed by atoms with Crippen LogP contribution in [0.5, 0.6) is 0 Å². The Morgan fingerprint density at radius 1 is 1.33 bits per heavy atom. The first-order valence-electron chi connectivity index (χ1n) is 5.64. The molecule has 2 N–H and O–H groups in total. The number of rotatable bonds is 6. The van der Waals surface area contributed by atoms with Crippen LogP contribution < -0.4 is 5.32 Å². The van der Waals surface area contributed by atoms with Crippen molar-refractivity contribution in [1.29, 1.82) is 5.26 Å². The number of nitrogens with zero attached hydrogens (tertiary/aromatic N) is 3. The summed E-state index contributed by atoms with van der Waals surface area (Å²) >= 11 is 0. The van der Waals surface area contributed by atoms with Crippen molar-refractivity contribution < 1.29 is 19.7 Å². The van der Waals surface area contributed by atoms with Crippen molar-refractivity contribution in [3.63, 3.8) is 0 Å². The van der Waals surface area contributed by atoms with Gasteiger partial charge in [0, 0.05) is 19.1 Å². The molecule has 1 rings (SSSR count). The monoisotopic (exact) mass is 294 g/mol. The number of non-ortho nitro benzene ring substituents is 1. The molecular formula is C11H10N4O6. The first-order valence-corrected chi connectivity index (χ1v) is 5.64. The van der Waals surface area contributed by atoms with Gasteiger partial charge in [-0.05, 0) is 0 Å². The van der Waals surface area contributed by atoms with E-state index in [2.05, 4.69) is 5.32 Å². The number of nitro benzene ring substituents is 2. The summed E-state index contributed by atoms with van der Waals surface area (Å²) < 4.78 is 0. The zero-order chi connectivity index (χ0) is 16.0. The first kappa shape index (κ1) is 16.0. The van der Waals surface area contributed by atoms with Crippen LogP contribution in [0, 0.1) is 31.6 Å². The highest BCUT2D eigenvalue weighted by atomic mass is 16.6. The molecule has 0 aliphatic heterocycles. The van der Waals surface area contributed by atoms with Crippen molar-refractivity contribution >= 4 is 23.0 Å². The smallest absolute Gasteiger partial charge is 0.281 e. The molecule has 0 spiro atoms. The van der Waals surface area contributed by atoms with E-state index in [1.165, 1.54) is 0 Å². The number of aliphatic hydroxyl groups is 1. The van der Waals surface area contributed by atoms with Gasteiger partial charge in [-0.2, -0.15) is 5.26 Å². The van der Waals surface area contributed by atoms with Crippen LogP contribution in [0.1, 0.15) is 12.0 Å². The Balaban J connectivity index is 3.42. The number of amides is 1. The maximum atomic E-state index is 11.4. The molecule has 0 saturated heterocycles. The lowest BCUT2D eigenvalue weighted by Gasteiger charge is -2.10. The molecule has 0 aliphatic carbocycles. The second-order valence-corrected chi connectivity index (χ2v) is 3.86. The number of hydrogen-bond donors (Lipinski definition) is 2. The summed E-state index contributed by atoms with van der Waals surface area (Å²) in [4.78, 5) is 31.5. The molecule has 0 bridgehead atoms. The molecule has 1 aromatic rings. The van der Waals surface area contributed by atoms with Gasteiger partial charge in [0.15, 0.2) is 0 Å². The average Bonchev–Trinajstić information content (AvgIpc) is 2.40. The van der Waals surface area contributed by atoms with Gasteiger partial charge in [-0.1, -0.05) is 0 Å². The topological polar surface area (TPSA) is 159 Å². The number of carbonyl (C=O) groups excluding carboxylic acids is 1. The first-order chi connectivity index (χ1) is 9.90. The van der Waals surface area contributed by atoms with Gasteiger partial charge in [0.2, 0.25) is 5.91 Å². The zero-order valence-corrected chi connectivity index (χ0v) is 10.6. The van der Waals surface area contributed by atoms with Crippen molar-refractivity contribution in [2.75, 3.05) is 11.9 Å². The number of nitro groups is 2. The van der Waals surface area contributed by atoms with Crippen LogP contribution in [-0.2, 0) is 11.2 Å². The third-order valence-corrected chi connectivity index (χ3v) is 2.49. The lowest BCUT2D eigenvalue weighted by atomic mass is 10.1. The van der Waals surface area contributed by atoms with Crippen LogP contribution >= 0.6 is 0 Å². The fourth-order valence-electron chi connectivity index (χ4n) is 1.66. The van der Waals surface area contributed by atoms with E-state index in [1.54, 1.807) is 6.07 Å². The Hall–Kier alpha value is -3.06. The van der Waals surface area contributed by atoms with E-state index in [9.17, 15) is 25.0 Å². The number of anilines is 1. The highest BCUT2D eigenvalue weighted by Crippen LogP contribution is 2.32. The molecule has 0 aliphatic rings. The van der Waals surface area contributed by atoms with Crippen LogP contribution in [-0.4, -0.2) is 27.5 Å². The molecule has 0 heterocycles. The summed E-state index contributed by atoms with van der Waals surface area (Å²) in [5, 5.41) is 41.3. The Bertz CT molecular complexity index is 636. The SMILES string of the molecule is N#CCC(=O)Nc1cc([N+](=O)[O-])cc([N+](=O)[O-])c1CCO. The van der Waals surface area contributed by atoms with E-state index in [-0.39, 0.29) is 17.7 Å². The van der Waals surface area contributed by atoms with Crippen molar-refractivity contribution in [3.8, 4) is 6.07 Å².